The van der Waals surface area contributed by atoms with Crippen molar-refractivity contribution in [1.82, 2.24) is 5.32 Å². The predicted molar refractivity (Wildman–Crippen MR) is 74.0 cm³/mol. The number of benzene rings is 1. The van der Waals surface area contributed by atoms with Crippen molar-refractivity contribution in [2.24, 2.45) is 5.73 Å². The Balaban J connectivity index is 2.71. The molecular weight excluding hydrogens is 289 g/mol. The van der Waals surface area contributed by atoms with Crippen LogP contribution >= 0.6 is 23.2 Å². The third kappa shape index (κ3) is 4.70. The molecule has 0 saturated heterocycles. The second kappa shape index (κ2) is 6.75. The number of nitrogens with two attached hydrogens (primary N) is 2. The average Bonchev–Trinajstić information content (AvgIpc) is 2.27. The number of imide groups is 1. The van der Waals surface area contributed by atoms with Gasteiger partial charge in [-0.05, 0) is 26.0 Å². The van der Waals surface area contributed by atoms with Crippen molar-refractivity contribution in [2.45, 2.75) is 25.9 Å². The van der Waals surface area contributed by atoms with E-state index in [4.69, 9.17) is 28.9 Å². The molecule has 104 valence electrons. The van der Waals surface area contributed by atoms with Crippen LogP contribution in [0.3, 0.4) is 0 Å². The van der Waals surface area contributed by atoms with E-state index in [1.54, 1.807) is 24.4 Å². The van der Waals surface area contributed by atoms with Crippen LogP contribution in [0, 0.1) is 0 Å². The van der Waals surface area contributed by atoms with Gasteiger partial charge in [0.25, 0.3) is 5.91 Å². The summed E-state index contributed by atoms with van der Waals surface area (Å²) >= 11 is 11.9. The molecule has 0 aliphatic carbocycles. The fourth-order valence-corrected chi connectivity index (χ4v) is 2.31. The van der Waals surface area contributed by atoms with Gasteiger partial charge in [0.1, 0.15) is 6.04 Å². The summed E-state index contributed by atoms with van der Waals surface area (Å²) in [5, 5.41) is 4.92. The second-order valence-corrected chi connectivity index (χ2v) is 5.13. The van der Waals surface area contributed by atoms with Crippen molar-refractivity contribution in [3.63, 3.8) is 0 Å². The first-order valence-electron chi connectivity index (χ1n) is 5.71. The molecule has 0 unspecified atom stereocenters. The molecule has 0 saturated carbocycles. The molecule has 0 aromatic heterocycles. The Hall–Kier alpha value is -1.30. The number of carbonyl (C=O) groups is 2. The number of halogens is 2. The summed E-state index contributed by atoms with van der Waals surface area (Å²) in [5.41, 5.74) is 5.76. The van der Waals surface area contributed by atoms with E-state index in [9.17, 15) is 9.59 Å². The number of urea groups is 1. The highest BCUT2D eigenvalue weighted by Crippen LogP contribution is 2.24. The van der Waals surface area contributed by atoms with E-state index in [1.807, 2.05) is 18.3 Å². The summed E-state index contributed by atoms with van der Waals surface area (Å²) in [6.45, 7) is 3.59. The van der Waals surface area contributed by atoms with Gasteiger partial charge in [0.2, 0.25) is 0 Å². The van der Waals surface area contributed by atoms with E-state index < -0.39 is 18.0 Å². The quantitative estimate of drug-likeness (QED) is 0.780. The van der Waals surface area contributed by atoms with Gasteiger partial charge in [0, 0.05) is 10.6 Å². The van der Waals surface area contributed by atoms with E-state index in [1.165, 1.54) is 0 Å². The first-order valence-corrected chi connectivity index (χ1v) is 6.47. The van der Waals surface area contributed by atoms with Gasteiger partial charge in [0.15, 0.2) is 6.04 Å². The number of rotatable bonds is 4. The lowest BCUT2D eigenvalue weighted by Gasteiger charge is -2.17. The number of amides is 3. The molecule has 2 atom stereocenters. The fraction of sp³-hybridized carbons (Fsp3) is 0.333. The molecule has 0 aliphatic rings. The highest BCUT2D eigenvalue weighted by atomic mass is 35.5. The van der Waals surface area contributed by atoms with E-state index >= 15 is 0 Å². The molecule has 0 radical (unpaired) electrons. The minimum Gasteiger partial charge on any atom is -0.351 e. The number of carbonyl (C=O) groups excluding carboxylic acids is 2. The minimum absolute atomic E-state index is 0.0570. The van der Waals surface area contributed by atoms with Crippen LogP contribution in [0.1, 0.15) is 25.5 Å². The van der Waals surface area contributed by atoms with Crippen molar-refractivity contribution in [1.29, 1.82) is 0 Å². The lowest BCUT2D eigenvalue weighted by molar-refractivity contribution is -0.710. The fourth-order valence-electron chi connectivity index (χ4n) is 1.73. The van der Waals surface area contributed by atoms with Gasteiger partial charge in [-0.1, -0.05) is 29.3 Å². The van der Waals surface area contributed by atoms with Crippen LogP contribution < -0.4 is 16.4 Å². The van der Waals surface area contributed by atoms with E-state index in [0.717, 1.165) is 5.56 Å². The van der Waals surface area contributed by atoms with Gasteiger partial charge in [-0.25, -0.2) is 4.79 Å². The largest absolute Gasteiger partial charge is 0.351 e. The van der Waals surface area contributed by atoms with Crippen LogP contribution in [0.25, 0.3) is 0 Å². The standard InChI is InChI=1S/C12H15Cl2N3O2/c1-6(9-4-3-8(13)5-10(9)14)16-7(2)11(18)17-12(15)19/h3-7,16H,1-2H3,(H3,15,17,18,19)/p+1/t6-,7-/m1/s1. The number of nitrogens with one attached hydrogen (secondary N) is 1. The molecule has 0 fully saturated rings. The molecule has 0 bridgehead atoms. The molecule has 1 aromatic carbocycles. The number of hydrogen-bond acceptors (Lipinski definition) is 2. The van der Waals surface area contributed by atoms with Gasteiger partial charge >= 0.3 is 6.03 Å². The third-order valence-electron chi connectivity index (χ3n) is 2.69. The zero-order valence-corrected chi connectivity index (χ0v) is 12.1. The van der Waals surface area contributed by atoms with Crippen LogP contribution in [0.15, 0.2) is 18.2 Å². The van der Waals surface area contributed by atoms with Gasteiger partial charge < -0.3 is 11.1 Å². The van der Waals surface area contributed by atoms with E-state index in [0.29, 0.717) is 10.0 Å². The smallest absolute Gasteiger partial charge is 0.319 e. The lowest BCUT2D eigenvalue weighted by Crippen LogP contribution is -2.92. The predicted octanol–water partition coefficient (Wildman–Crippen LogP) is 1.20. The van der Waals surface area contributed by atoms with Gasteiger partial charge in [-0.15, -0.1) is 0 Å². The highest BCUT2D eigenvalue weighted by Gasteiger charge is 2.22. The molecule has 7 heteroatoms. The maximum absolute atomic E-state index is 11.6. The molecule has 3 amide bonds. The van der Waals surface area contributed by atoms with E-state index in [2.05, 4.69) is 0 Å². The first kappa shape index (κ1) is 15.8. The minimum atomic E-state index is -0.859. The van der Waals surface area contributed by atoms with Gasteiger partial charge in [-0.3, -0.25) is 10.1 Å². The number of primary amides is 1. The molecule has 0 aliphatic heterocycles. The van der Waals surface area contributed by atoms with Crippen LogP contribution in [0.2, 0.25) is 10.0 Å². The molecule has 0 heterocycles. The molecule has 1 aromatic rings. The summed E-state index contributed by atoms with van der Waals surface area (Å²) < 4.78 is 0. The summed E-state index contributed by atoms with van der Waals surface area (Å²) in [7, 11) is 0. The Labute approximate surface area is 121 Å². The Morgan fingerprint density at radius 1 is 1.32 bits per heavy atom. The van der Waals surface area contributed by atoms with Crippen molar-refractivity contribution < 1.29 is 14.9 Å². The van der Waals surface area contributed by atoms with Crippen LogP contribution in [0.5, 0.6) is 0 Å². The van der Waals surface area contributed by atoms with Crippen LogP contribution in [0.4, 0.5) is 4.79 Å². The maximum Gasteiger partial charge on any atom is 0.319 e. The molecule has 5 N–H and O–H groups in total. The normalized spacial score (nSPS) is 13.7. The average molecular weight is 305 g/mol. The lowest BCUT2D eigenvalue weighted by atomic mass is 10.1. The second-order valence-electron chi connectivity index (χ2n) is 4.29. The van der Waals surface area contributed by atoms with Crippen molar-refractivity contribution in [2.75, 3.05) is 0 Å². The number of quaternary nitrogens is 1. The molecular formula is C12H16Cl2N3O2+. The zero-order chi connectivity index (χ0) is 14.6. The molecule has 5 nitrogen and oxygen atoms in total. The van der Waals surface area contributed by atoms with Crippen LogP contribution in [-0.2, 0) is 4.79 Å². The zero-order valence-electron chi connectivity index (χ0n) is 10.6. The SMILES string of the molecule is C[C@@H]([NH2+][C@H](C)c1ccc(Cl)cc1Cl)C(=O)NC(N)=O. The van der Waals surface area contributed by atoms with Crippen molar-refractivity contribution in [3.8, 4) is 0 Å². The maximum atomic E-state index is 11.6. The Kier molecular flexibility index (Phi) is 5.60. The molecule has 1 rings (SSSR count). The number of hydrogen-bond donors (Lipinski definition) is 3. The monoisotopic (exact) mass is 304 g/mol. The first-order chi connectivity index (χ1) is 8.81. The topological polar surface area (TPSA) is 88.8 Å². The van der Waals surface area contributed by atoms with Crippen molar-refractivity contribution in [3.05, 3.63) is 33.8 Å². The third-order valence-corrected chi connectivity index (χ3v) is 3.25. The highest BCUT2D eigenvalue weighted by molar-refractivity contribution is 6.35. The molecule has 0 spiro atoms. The molecule has 19 heavy (non-hydrogen) atoms. The Bertz CT molecular complexity index is 494. The van der Waals surface area contributed by atoms with E-state index in [-0.39, 0.29) is 6.04 Å². The van der Waals surface area contributed by atoms with Crippen molar-refractivity contribution >= 4 is 35.1 Å². The van der Waals surface area contributed by atoms with Crippen LogP contribution in [-0.4, -0.2) is 18.0 Å². The Morgan fingerprint density at radius 2 is 1.95 bits per heavy atom. The summed E-state index contributed by atoms with van der Waals surface area (Å²) in [6.07, 6.45) is 0. The summed E-state index contributed by atoms with van der Waals surface area (Å²) in [6, 6.07) is 3.82. The summed E-state index contributed by atoms with van der Waals surface area (Å²) in [4.78, 5) is 22.2. The summed E-state index contributed by atoms with van der Waals surface area (Å²) in [5.74, 6) is -0.440. The Morgan fingerprint density at radius 3 is 2.47 bits per heavy atom. The van der Waals surface area contributed by atoms with Gasteiger partial charge in [0.05, 0.1) is 5.02 Å². The van der Waals surface area contributed by atoms with Gasteiger partial charge in [-0.2, -0.15) is 0 Å².